The largest absolute Gasteiger partial charge is 0.346 e. The highest BCUT2D eigenvalue weighted by atomic mass is 16.1. The number of hydrogen-bond acceptors (Lipinski definition) is 6. The van der Waals surface area contributed by atoms with Gasteiger partial charge in [0, 0.05) is 16.5 Å². The molecule has 0 fully saturated rings. The van der Waals surface area contributed by atoms with Gasteiger partial charge in [-0.05, 0) is 43.5 Å². The molecule has 0 saturated carbocycles. The summed E-state index contributed by atoms with van der Waals surface area (Å²) in [5, 5.41) is 9.02. The van der Waals surface area contributed by atoms with E-state index < -0.39 is 0 Å². The minimum Gasteiger partial charge on any atom is -0.346 e. The second-order valence-electron chi connectivity index (χ2n) is 7.84. The number of nitrogens with zero attached hydrogens (tertiary/aromatic N) is 7. The Kier molecular flexibility index (Phi) is 5.14. The molecule has 3 heterocycles. The smallest absolute Gasteiger partial charge is 0.270 e. The lowest BCUT2D eigenvalue weighted by Gasteiger charge is -2.21. The molecule has 0 aliphatic heterocycles. The zero-order chi connectivity index (χ0) is 22.9. The molecule has 2 aromatic carbocycles. The lowest BCUT2D eigenvalue weighted by Crippen LogP contribution is -2.32. The van der Waals surface area contributed by atoms with Gasteiger partial charge in [0.25, 0.3) is 11.9 Å². The van der Waals surface area contributed by atoms with Crippen LogP contribution in [-0.2, 0) is 7.05 Å². The Bertz CT molecular complexity index is 1510. The van der Waals surface area contributed by atoms with Crippen LogP contribution in [0.5, 0.6) is 0 Å². The molecular formula is C24H23N8O+. The van der Waals surface area contributed by atoms with Gasteiger partial charge in [0.1, 0.15) is 17.8 Å². The number of nitrogens with one attached hydrogen (secondary N) is 1. The molecular weight excluding hydrogens is 416 g/mol. The molecule has 5 rings (SSSR count). The van der Waals surface area contributed by atoms with Gasteiger partial charge in [-0.15, -0.1) is 4.68 Å². The van der Waals surface area contributed by atoms with Gasteiger partial charge in [-0.3, -0.25) is 9.36 Å². The van der Waals surface area contributed by atoms with Crippen molar-refractivity contribution in [2.45, 2.75) is 19.9 Å². The Morgan fingerprint density at radius 2 is 1.88 bits per heavy atom. The van der Waals surface area contributed by atoms with E-state index in [0.717, 1.165) is 22.5 Å². The predicted octanol–water partition coefficient (Wildman–Crippen LogP) is 2.67. The van der Waals surface area contributed by atoms with Crippen molar-refractivity contribution in [2.75, 3.05) is 5.32 Å². The first-order chi connectivity index (χ1) is 16.0. The zero-order valence-electron chi connectivity index (χ0n) is 18.5. The van der Waals surface area contributed by atoms with E-state index in [1.807, 2.05) is 86.4 Å². The van der Waals surface area contributed by atoms with Crippen LogP contribution < -0.4 is 15.4 Å². The summed E-state index contributed by atoms with van der Waals surface area (Å²) in [5.74, 6) is 1.08. The van der Waals surface area contributed by atoms with Crippen LogP contribution in [-0.4, -0.2) is 29.3 Å². The second-order valence-corrected chi connectivity index (χ2v) is 7.84. The number of pyridine rings is 1. The van der Waals surface area contributed by atoms with Crippen molar-refractivity contribution >= 4 is 16.7 Å². The van der Waals surface area contributed by atoms with Crippen LogP contribution in [0, 0.1) is 6.92 Å². The molecule has 164 valence electrons. The highest BCUT2D eigenvalue weighted by Crippen LogP contribution is 2.25. The first-order valence-corrected chi connectivity index (χ1v) is 10.6. The molecule has 9 nitrogen and oxygen atoms in total. The molecule has 0 unspecified atom stereocenters. The van der Waals surface area contributed by atoms with Crippen molar-refractivity contribution in [1.82, 2.24) is 29.3 Å². The summed E-state index contributed by atoms with van der Waals surface area (Å²) in [6.07, 6.45) is 5.00. The molecule has 1 N–H and O–H groups in total. The van der Waals surface area contributed by atoms with E-state index in [4.69, 9.17) is 0 Å². The minimum absolute atomic E-state index is 0.110. The molecule has 0 saturated heterocycles. The van der Waals surface area contributed by atoms with Crippen molar-refractivity contribution in [1.29, 1.82) is 0 Å². The van der Waals surface area contributed by atoms with Gasteiger partial charge in [0.15, 0.2) is 0 Å². The number of fused-ring (bicyclic) bond motifs is 1. The maximum Gasteiger partial charge on any atom is 0.270 e. The van der Waals surface area contributed by atoms with E-state index >= 15 is 0 Å². The zero-order valence-corrected chi connectivity index (χ0v) is 18.5. The fourth-order valence-corrected chi connectivity index (χ4v) is 3.96. The molecule has 0 spiro atoms. The number of benzene rings is 2. The molecule has 0 aliphatic carbocycles. The minimum atomic E-state index is -0.251. The molecule has 33 heavy (non-hydrogen) atoms. The lowest BCUT2D eigenvalue weighted by atomic mass is 10.1. The quantitative estimate of drug-likeness (QED) is 0.423. The number of anilines is 1. The first kappa shape index (κ1) is 20.5. The lowest BCUT2D eigenvalue weighted by molar-refractivity contribution is -0.595. The fraction of sp³-hybridized carbons (Fsp3) is 0.167. The number of para-hydroxylation sites is 1. The van der Waals surface area contributed by atoms with Crippen LogP contribution in [0.2, 0.25) is 0 Å². The summed E-state index contributed by atoms with van der Waals surface area (Å²) in [6, 6.07) is 17.2. The van der Waals surface area contributed by atoms with Gasteiger partial charge in [-0.1, -0.05) is 30.3 Å². The van der Waals surface area contributed by atoms with Crippen LogP contribution >= 0.6 is 0 Å². The van der Waals surface area contributed by atoms with Gasteiger partial charge >= 0.3 is 0 Å². The topological polar surface area (TPSA) is 94.4 Å². The van der Waals surface area contributed by atoms with Crippen molar-refractivity contribution in [2.24, 2.45) is 7.05 Å². The third kappa shape index (κ3) is 3.84. The van der Waals surface area contributed by atoms with Gasteiger partial charge in [-0.25, -0.2) is 14.5 Å². The molecule has 9 heteroatoms. The molecule has 0 amide bonds. The third-order valence-electron chi connectivity index (χ3n) is 5.48. The Labute approximate surface area is 190 Å². The van der Waals surface area contributed by atoms with E-state index in [9.17, 15) is 4.79 Å². The molecule has 0 radical (unpaired) electrons. The second kappa shape index (κ2) is 8.27. The summed E-state index contributed by atoms with van der Waals surface area (Å²) in [7, 11) is 1.85. The van der Waals surface area contributed by atoms with Crippen molar-refractivity contribution in [3.8, 4) is 11.4 Å². The summed E-state index contributed by atoms with van der Waals surface area (Å²) < 4.78 is 5.30. The predicted molar refractivity (Wildman–Crippen MR) is 124 cm³/mol. The Hall–Kier alpha value is -4.40. The highest BCUT2D eigenvalue weighted by Gasteiger charge is 2.20. The van der Waals surface area contributed by atoms with Crippen molar-refractivity contribution in [3.63, 3.8) is 0 Å². The van der Waals surface area contributed by atoms with Crippen LogP contribution in [0.1, 0.15) is 24.5 Å². The third-order valence-corrected chi connectivity index (χ3v) is 5.48. The maximum absolute atomic E-state index is 14.0. The Morgan fingerprint density at radius 1 is 1.06 bits per heavy atom. The summed E-state index contributed by atoms with van der Waals surface area (Å²) in [5.41, 5.74) is 2.24. The normalized spacial score (nSPS) is 12.1. The summed E-state index contributed by atoms with van der Waals surface area (Å²) >= 11 is 0. The SMILES string of the molecule is Cc1ncnc(N[C@@H](C)c2cc3cccc(-[n+]4cnn(C)c4)c3c(=O)n2-c2ccccc2)n1. The Balaban J connectivity index is 1.74. The summed E-state index contributed by atoms with van der Waals surface area (Å²) in [6.45, 7) is 3.80. The van der Waals surface area contributed by atoms with Crippen LogP contribution in [0.25, 0.3) is 22.1 Å². The van der Waals surface area contributed by atoms with E-state index in [-0.39, 0.29) is 11.6 Å². The highest BCUT2D eigenvalue weighted by molar-refractivity contribution is 5.88. The number of rotatable bonds is 5. The molecule has 0 aliphatic rings. The average molecular weight is 440 g/mol. The van der Waals surface area contributed by atoms with Crippen molar-refractivity contribution in [3.05, 3.63) is 95.5 Å². The fourth-order valence-electron chi connectivity index (χ4n) is 3.96. The number of aromatic nitrogens is 7. The molecule has 1 atom stereocenters. The van der Waals surface area contributed by atoms with Gasteiger partial charge in [0.2, 0.25) is 12.3 Å². The number of hydrogen-bond donors (Lipinski definition) is 1. The first-order valence-electron chi connectivity index (χ1n) is 10.6. The van der Waals surface area contributed by atoms with E-state index in [0.29, 0.717) is 17.2 Å². The number of aryl methyl sites for hydroxylation is 2. The Morgan fingerprint density at radius 3 is 2.61 bits per heavy atom. The van der Waals surface area contributed by atoms with Gasteiger partial charge < -0.3 is 5.32 Å². The summed E-state index contributed by atoms with van der Waals surface area (Å²) in [4.78, 5) is 26.6. The molecule has 5 aromatic rings. The van der Waals surface area contributed by atoms with Crippen LogP contribution in [0.4, 0.5) is 5.95 Å². The maximum atomic E-state index is 14.0. The van der Waals surface area contributed by atoms with Gasteiger partial charge in [-0.2, -0.15) is 4.98 Å². The van der Waals surface area contributed by atoms with E-state index in [2.05, 4.69) is 25.4 Å². The monoisotopic (exact) mass is 439 g/mol. The molecule has 3 aromatic heterocycles. The van der Waals surface area contributed by atoms with Crippen LogP contribution in [0.15, 0.2) is 78.4 Å². The van der Waals surface area contributed by atoms with Crippen molar-refractivity contribution < 1.29 is 4.57 Å². The van der Waals surface area contributed by atoms with Crippen LogP contribution in [0.3, 0.4) is 0 Å². The average Bonchev–Trinajstić information content (AvgIpc) is 3.25. The van der Waals surface area contributed by atoms with E-state index in [1.54, 1.807) is 15.6 Å². The standard InChI is InChI=1S/C24H23N8O/c1-16(28-24-26-13-25-17(2)29-24)21-12-18-8-7-11-20(31-14-27-30(3)15-31)22(18)23(33)32(21)19-9-5-4-6-10-19/h4-16H,1-3H3,(H,25,26,28,29)/q+1/t16-/m0/s1. The molecule has 0 bridgehead atoms. The van der Waals surface area contributed by atoms with Gasteiger partial charge in [0.05, 0.1) is 18.5 Å². The van der Waals surface area contributed by atoms with E-state index in [1.165, 1.54) is 6.33 Å².